The first kappa shape index (κ1) is 65.7. The number of phosphoric ester groups is 1. The number of nitrogens with zero attached hydrogens (tertiary/aromatic N) is 1. The average Bonchev–Trinajstić information content (AvgIpc) is 3.29. The number of phosphoric acid groups is 1. The highest BCUT2D eigenvalue weighted by Crippen LogP contribution is 2.38. The molecule has 2 N–H and O–H groups in total. The van der Waals surface area contributed by atoms with E-state index in [-0.39, 0.29) is 12.5 Å². The van der Waals surface area contributed by atoms with Gasteiger partial charge in [-0.15, -0.1) is 0 Å². The van der Waals surface area contributed by atoms with Crippen LogP contribution in [0.25, 0.3) is 0 Å². The molecule has 0 bridgehead atoms. The van der Waals surface area contributed by atoms with Gasteiger partial charge in [0.05, 0.1) is 39.9 Å². The SMILES string of the molecule is CCCCCCCCCCCCCCCCCCCCCC/C=C/CC/C=C/CC/C=C/C(O)C(COP(=O)([O-])OCC[N+](C)(C)C)NC(=O)CCCCCCCCCCCCCCCCC. The Balaban J connectivity index is 4.20. The standard InChI is InChI=1S/C58H113N2O6P/c1-6-8-10-12-14-16-18-20-22-23-24-25-26-27-28-29-30-31-32-33-34-35-36-38-39-41-43-45-47-49-51-57(61)56(55-66-67(63,64)65-54-53-60(3,4)5)59-58(62)52-50-48-46-44-42-40-37-21-19-17-15-13-11-9-7-2/h35-36,41,43,49,51,56-57,61H,6-34,37-40,42,44-48,50,52-55H2,1-5H3,(H-,59,62,63,64)/b36-35+,43-41+,51-49+. The van der Waals surface area contributed by atoms with Crippen molar-refractivity contribution in [3.8, 4) is 0 Å². The lowest BCUT2D eigenvalue weighted by molar-refractivity contribution is -0.870. The number of amides is 1. The van der Waals surface area contributed by atoms with Crippen LogP contribution in [0.4, 0.5) is 0 Å². The Hall–Kier alpha value is -1.28. The van der Waals surface area contributed by atoms with Gasteiger partial charge in [0.15, 0.2) is 0 Å². The molecule has 0 aliphatic heterocycles. The van der Waals surface area contributed by atoms with E-state index in [4.69, 9.17) is 9.05 Å². The number of aliphatic hydroxyl groups excluding tert-OH is 1. The third-order valence-electron chi connectivity index (χ3n) is 13.1. The lowest BCUT2D eigenvalue weighted by atomic mass is 10.0. The van der Waals surface area contributed by atoms with Gasteiger partial charge < -0.3 is 28.8 Å². The van der Waals surface area contributed by atoms with Crippen molar-refractivity contribution in [1.29, 1.82) is 0 Å². The Morgan fingerprint density at radius 2 is 0.836 bits per heavy atom. The molecule has 0 aromatic carbocycles. The molecule has 0 heterocycles. The number of carbonyl (C=O) groups excluding carboxylic acids is 1. The number of unbranched alkanes of at least 4 members (excludes halogenated alkanes) is 36. The van der Waals surface area contributed by atoms with Crippen molar-refractivity contribution in [1.82, 2.24) is 5.32 Å². The number of rotatable bonds is 53. The van der Waals surface area contributed by atoms with Gasteiger partial charge in [0.25, 0.3) is 7.82 Å². The van der Waals surface area contributed by atoms with E-state index in [1.54, 1.807) is 6.08 Å². The highest BCUT2D eigenvalue weighted by Gasteiger charge is 2.23. The molecule has 8 nitrogen and oxygen atoms in total. The lowest BCUT2D eigenvalue weighted by Crippen LogP contribution is -2.45. The summed E-state index contributed by atoms with van der Waals surface area (Å²) in [6, 6.07) is -0.907. The van der Waals surface area contributed by atoms with Gasteiger partial charge in [-0.05, 0) is 44.9 Å². The molecular formula is C58H113N2O6P. The number of hydrogen-bond donors (Lipinski definition) is 2. The van der Waals surface area contributed by atoms with E-state index < -0.39 is 26.6 Å². The van der Waals surface area contributed by atoms with Crippen LogP contribution in [0, 0.1) is 0 Å². The molecule has 0 saturated carbocycles. The second-order valence-corrected chi connectivity index (χ2v) is 22.4. The molecule has 3 atom stereocenters. The van der Waals surface area contributed by atoms with E-state index in [0.29, 0.717) is 17.4 Å². The zero-order valence-electron chi connectivity index (χ0n) is 45.1. The molecule has 0 radical (unpaired) electrons. The Kier molecular flexibility index (Phi) is 48.7. The van der Waals surface area contributed by atoms with Crippen molar-refractivity contribution in [3.63, 3.8) is 0 Å². The molecule has 0 rings (SSSR count). The van der Waals surface area contributed by atoms with Crippen LogP contribution < -0.4 is 10.2 Å². The van der Waals surface area contributed by atoms with Crippen molar-refractivity contribution in [2.24, 2.45) is 0 Å². The molecule has 9 heteroatoms. The van der Waals surface area contributed by atoms with E-state index in [1.807, 2.05) is 27.2 Å². The number of aliphatic hydroxyl groups is 1. The van der Waals surface area contributed by atoms with Crippen molar-refractivity contribution in [2.45, 2.75) is 289 Å². The summed E-state index contributed by atoms with van der Waals surface area (Å²) < 4.78 is 23.3. The minimum atomic E-state index is -4.60. The molecule has 0 saturated heterocycles. The van der Waals surface area contributed by atoms with Crippen LogP contribution in [0.5, 0.6) is 0 Å². The molecule has 0 aliphatic carbocycles. The normalized spacial score (nSPS) is 14.2. The van der Waals surface area contributed by atoms with E-state index >= 15 is 0 Å². The summed E-state index contributed by atoms with van der Waals surface area (Å²) in [6.45, 7) is 4.65. The van der Waals surface area contributed by atoms with E-state index in [1.165, 1.54) is 212 Å². The Morgan fingerprint density at radius 3 is 1.21 bits per heavy atom. The van der Waals surface area contributed by atoms with Crippen LogP contribution in [0.3, 0.4) is 0 Å². The van der Waals surface area contributed by atoms with Crippen LogP contribution in [-0.2, 0) is 18.4 Å². The monoisotopic (exact) mass is 965 g/mol. The molecule has 0 aromatic rings. The molecule has 0 spiro atoms. The second-order valence-electron chi connectivity index (χ2n) is 21.0. The van der Waals surface area contributed by atoms with Gasteiger partial charge in [-0.1, -0.05) is 262 Å². The number of likely N-dealkylation sites (N-methyl/N-ethyl adjacent to an activating group) is 1. The van der Waals surface area contributed by atoms with Crippen molar-refractivity contribution in [3.05, 3.63) is 36.5 Å². The highest BCUT2D eigenvalue weighted by atomic mass is 31.2. The maximum atomic E-state index is 12.9. The van der Waals surface area contributed by atoms with Gasteiger partial charge in [0.2, 0.25) is 5.91 Å². The molecule has 67 heavy (non-hydrogen) atoms. The molecule has 0 aromatic heterocycles. The van der Waals surface area contributed by atoms with Gasteiger partial charge in [0, 0.05) is 6.42 Å². The Bertz CT molecular complexity index is 1190. The lowest BCUT2D eigenvalue weighted by Gasteiger charge is -2.29. The van der Waals surface area contributed by atoms with Gasteiger partial charge >= 0.3 is 0 Å². The minimum absolute atomic E-state index is 0.00751. The fourth-order valence-electron chi connectivity index (χ4n) is 8.54. The van der Waals surface area contributed by atoms with E-state index in [2.05, 4.69) is 43.5 Å². The first-order valence-electron chi connectivity index (χ1n) is 28.9. The van der Waals surface area contributed by atoms with Crippen LogP contribution in [0.15, 0.2) is 36.5 Å². The largest absolute Gasteiger partial charge is 0.756 e. The Labute approximate surface area is 417 Å². The molecule has 0 aliphatic rings. The predicted octanol–water partition coefficient (Wildman–Crippen LogP) is 16.7. The van der Waals surface area contributed by atoms with E-state index in [9.17, 15) is 19.4 Å². The van der Waals surface area contributed by atoms with Crippen LogP contribution in [0.1, 0.15) is 277 Å². The van der Waals surface area contributed by atoms with Gasteiger partial charge in [0.1, 0.15) is 13.2 Å². The molecule has 3 unspecified atom stereocenters. The molecule has 1 amide bonds. The minimum Gasteiger partial charge on any atom is -0.756 e. The first-order chi connectivity index (χ1) is 32.5. The summed E-state index contributed by atoms with van der Waals surface area (Å²) in [4.78, 5) is 25.4. The van der Waals surface area contributed by atoms with Crippen LogP contribution in [0.2, 0.25) is 0 Å². The summed E-state index contributed by atoms with van der Waals surface area (Å²) in [5, 5.41) is 13.8. The Morgan fingerprint density at radius 1 is 0.507 bits per heavy atom. The maximum absolute atomic E-state index is 12.9. The van der Waals surface area contributed by atoms with Crippen molar-refractivity contribution >= 4 is 13.7 Å². The van der Waals surface area contributed by atoms with Gasteiger partial charge in [-0.3, -0.25) is 9.36 Å². The summed E-state index contributed by atoms with van der Waals surface area (Å²) in [7, 11) is 1.24. The average molecular weight is 966 g/mol. The highest BCUT2D eigenvalue weighted by molar-refractivity contribution is 7.45. The van der Waals surface area contributed by atoms with Crippen LogP contribution in [-0.4, -0.2) is 68.5 Å². The fourth-order valence-corrected chi connectivity index (χ4v) is 9.26. The first-order valence-corrected chi connectivity index (χ1v) is 30.3. The van der Waals surface area contributed by atoms with E-state index in [0.717, 1.165) is 44.9 Å². The summed E-state index contributed by atoms with van der Waals surface area (Å²) in [5.74, 6) is -0.208. The molecular weight excluding hydrogens is 852 g/mol. The summed E-state index contributed by atoms with van der Waals surface area (Å²) in [6.07, 6.45) is 63.8. The predicted molar refractivity (Wildman–Crippen MR) is 288 cm³/mol. The summed E-state index contributed by atoms with van der Waals surface area (Å²) in [5.41, 5.74) is 0. The zero-order valence-corrected chi connectivity index (χ0v) is 46.0. The second kappa shape index (κ2) is 49.7. The zero-order chi connectivity index (χ0) is 49.2. The van der Waals surface area contributed by atoms with Gasteiger partial charge in [-0.25, -0.2) is 0 Å². The molecule has 0 fully saturated rings. The van der Waals surface area contributed by atoms with Gasteiger partial charge in [-0.2, -0.15) is 0 Å². The van der Waals surface area contributed by atoms with Crippen molar-refractivity contribution < 1.29 is 32.9 Å². The number of nitrogens with one attached hydrogen (secondary N) is 1. The number of quaternary nitrogens is 1. The maximum Gasteiger partial charge on any atom is 0.268 e. The number of hydrogen-bond acceptors (Lipinski definition) is 6. The third kappa shape index (κ3) is 52.4. The quantitative estimate of drug-likeness (QED) is 0.0272. The van der Waals surface area contributed by atoms with Crippen molar-refractivity contribution in [2.75, 3.05) is 40.9 Å². The number of carbonyl (C=O) groups is 1. The summed E-state index contributed by atoms with van der Waals surface area (Å²) >= 11 is 0. The third-order valence-corrected chi connectivity index (χ3v) is 14.0. The fraction of sp³-hybridized carbons (Fsp3) is 0.879. The smallest absolute Gasteiger partial charge is 0.268 e. The number of allylic oxidation sites excluding steroid dienone is 5. The van der Waals surface area contributed by atoms with Crippen LogP contribution >= 0.6 is 7.82 Å². The molecule has 396 valence electrons. The topological polar surface area (TPSA) is 108 Å².